The van der Waals surface area contributed by atoms with Gasteiger partial charge >= 0.3 is 0 Å². The van der Waals surface area contributed by atoms with E-state index in [0.29, 0.717) is 49.4 Å². The summed E-state index contributed by atoms with van der Waals surface area (Å²) in [4.78, 5) is 18.9. The molecule has 142 valence electrons. The fourth-order valence-corrected chi connectivity index (χ4v) is 3.66. The lowest BCUT2D eigenvalue weighted by molar-refractivity contribution is -0.117. The number of carbonyl (C=O) groups is 1. The van der Waals surface area contributed by atoms with Crippen LogP contribution in [-0.2, 0) is 4.79 Å². The lowest BCUT2D eigenvalue weighted by atomic mass is 10.1. The number of fused-ring (bicyclic) bond motifs is 1. The SMILES string of the molecule is Cc1ccccc1-c1noc(C2CC(=O)N(c3ccc4c(c3)OCCO4)C2)n1. The van der Waals surface area contributed by atoms with Gasteiger partial charge in [0.25, 0.3) is 0 Å². The highest BCUT2D eigenvalue weighted by molar-refractivity contribution is 5.96. The van der Waals surface area contributed by atoms with Gasteiger partial charge in [-0.2, -0.15) is 4.98 Å². The summed E-state index contributed by atoms with van der Waals surface area (Å²) < 4.78 is 16.7. The molecule has 5 rings (SSSR count). The van der Waals surface area contributed by atoms with Crippen LogP contribution in [0.15, 0.2) is 47.0 Å². The number of anilines is 1. The maximum Gasteiger partial charge on any atom is 0.232 e. The Bertz CT molecular complexity index is 1050. The second-order valence-corrected chi connectivity index (χ2v) is 7.00. The molecule has 2 aliphatic heterocycles. The van der Waals surface area contributed by atoms with Crippen molar-refractivity contribution in [3.63, 3.8) is 0 Å². The summed E-state index contributed by atoms with van der Waals surface area (Å²) in [5.41, 5.74) is 2.80. The number of ether oxygens (including phenoxy) is 2. The van der Waals surface area contributed by atoms with Crippen molar-refractivity contribution in [2.24, 2.45) is 0 Å². The van der Waals surface area contributed by atoms with Crippen molar-refractivity contribution in [3.8, 4) is 22.9 Å². The Labute approximate surface area is 161 Å². The number of aryl methyl sites for hydroxylation is 1. The Kier molecular flexibility index (Phi) is 4.00. The van der Waals surface area contributed by atoms with E-state index in [0.717, 1.165) is 16.8 Å². The standard InChI is InChI=1S/C21H19N3O4/c1-13-4-2-3-5-16(13)20-22-21(28-23-20)14-10-19(25)24(12-14)15-6-7-17-18(11-15)27-9-8-26-17/h2-7,11,14H,8-10,12H2,1H3. The molecule has 1 amide bonds. The van der Waals surface area contributed by atoms with E-state index >= 15 is 0 Å². The lowest BCUT2D eigenvalue weighted by Gasteiger charge is -2.22. The van der Waals surface area contributed by atoms with Gasteiger partial charge in [0.15, 0.2) is 11.5 Å². The monoisotopic (exact) mass is 377 g/mol. The molecule has 28 heavy (non-hydrogen) atoms. The van der Waals surface area contributed by atoms with Crippen molar-refractivity contribution >= 4 is 11.6 Å². The molecule has 0 radical (unpaired) electrons. The molecule has 0 saturated carbocycles. The molecule has 1 atom stereocenters. The van der Waals surface area contributed by atoms with Crippen molar-refractivity contribution in [1.29, 1.82) is 0 Å². The van der Waals surface area contributed by atoms with Gasteiger partial charge in [-0.15, -0.1) is 0 Å². The summed E-state index contributed by atoms with van der Waals surface area (Å²) in [7, 11) is 0. The van der Waals surface area contributed by atoms with Crippen molar-refractivity contribution in [1.82, 2.24) is 10.1 Å². The van der Waals surface area contributed by atoms with E-state index in [1.165, 1.54) is 0 Å². The van der Waals surface area contributed by atoms with E-state index in [1.807, 2.05) is 49.4 Å². The quantitative estimate of drug-likeness (QED) is 0.697. The molecular formula is C21H19N3O4. The molecule has 2 aromatic carbocycles. The van der Waals surface area contributed by atoms with Crippen molar-refractivity contribution in [2.45, 2.75) is 19.3 Å². The predicted octanol–water partition coefficient (Wildman–Crippen LogP) is 3.34. The van der Waals surface area contributed by atoms with E-state index in [1.54, 1.807) is 4.90 Å². The minimum absolute atomic E-state index is 0.0253. The Balaban J connectivity index is 1.38. The number of nitrogens with zero attached hydrogens (tertiary/aromatic N) is 3. The molecule has 0 aliphatic carbocycles. The molecule has 3 aromatic rings. The highest BCUT2D eigenvalue weighted by Gasteiger charge is 2.35. The van der Waals surface area contributed by atoms with Gasteiger partial charge in [-0.3, -0.25) is 4.79 Å². The first kappa shape index (κ1) is 16.8. The smallest absolute Gasteiger partial charge is 0.232 e. The molecule has 0 bridgehead atoms. The third kappa shape index (κ3) is 2.89. The van der Waals surface area contributed by atoms with Gasteiger partial charge in [0.2, 0.25) is 17.6 Å². The second-order valence-electron chi connectivity index (χ2n) is 7.00. The molecule has 1 fully saturated rings. The second kappa shape index (κ2) is 6.67. The summed E-state index contributed by atoms with van der Waals surface area (Å²) in [5.74, 6) is 2.31. The molecule has 2 aliphatic rings. The minimum Gasteiger partial charge on any atom is -0.486 e. The Hall–Kier alpha value is -3.35. The number of carbonyl (C=O) groups excluding carboxylic acids is 1. The van der Waals surface area contributed by atoms with Gasteiger partial charge in [0.1, 0.15) is 13.2 Å². The van der Waals surface area contributed by atoms with E-state index in [2.05, 4.69) is 10.1 Å². The number of benzene rings is 2. The third-order valence-electron chi connectivity index (χ3n) is 5.14. The summed E-state index contributed by atoms with van der Waals surface area (Å²) in [6.45, 7) is 3.55. The Morgan fingerprint density at radius 2 is 1.89 bits per heavy atom. The molecule has 3 heterocycles. The summed E-state index contributed by atoms with van der Waals surface area (Å²) in [5, 5.41) is 4.12. The van der Waals surface area contributed by atoms with E-state index in [-0.39, 0.29) is 11.8 Å². The van der Waals surface area contributed by atoms with Gasteiger partial charge in [-0.05, 0) is 24.6 Å². The maximum absolute atomic E-state index is 12.6. The average molecular weight is 377 g/mol. The molecule has 0 spiro atoms. The summed E-state index contributed by atoms with van der Waals surface area (Å²) in [6, 6.07) is 13.5. The Morgan fingerprint density at radius 3 is 2.75 bits per heavy atom. The van der Waals surface area contributed by atoms with Crippen LogP contribution in [0.3, 0.4) is 0 Å². The maximum atomic E-state index is 12.6. The molecule has 1 unspecified atom stereocenters. The highest BCUT2D eigenvalue weighted by atomic mass is 16.6. The van der Waals surface area contributed by atoms with E-state index in [9.17, 15) is 4.79 Å². The molecule has 1 saturated heterocycles. The van der Waals surface area contributed by atoms with Gasteiger partial charge in [0, 0.05) is 30.3 Å². The molecule has 7 nitrogen and oxygen atoms in total. The average Bonchev–Trinajstić information content (AvgIpc) is 3.35. The minimum atomic E-state index is -0.133. The van der Waals surface area contributed by atoms with Crippen molar-refractivity contribution in [3.05, 3.63) is 53.9 Å². The number of rotatable bonds is 3. The zero-order chi connectivity index (χ0) is 19.1. The van der Waals surface area contributed by atoms with Gasteiger partial charge in [-0.25, -0.2) is 0 Å². The van der Waals surface area contributed by atoms with Crippen molar-refractivity contribution in [2.75, 3.05) is 24.7 Å². The summed E-state index contributed by atoms with van der Waals surface area (Å²) in [6.07, 6.45) is 0.337. The topological polar surface area (TPSA) is 77.7 Å². The van der Waals surface area contributed by atoms with Gasteiger partial charge in [0.05, 0.1) is 5.92 Å². The number of hydrogen-bond acceptors (Lipinski definition) is 6. The summed E-state index contributed by atoms with van der Waals surface area (Å²) >= 11 is 0. The van der Waals surface area contributed by atoms with Crippen LogP contribution < -0.4 is 14.4 Å². The zero-order valence-corrected chi connectivity index (χ0v) is 15.4. The van der Waals surface area contributed by atoms with Crippen LogP contribution in [0.4, 0.5) is 5.69 Å². The molecule has 1 aromatic heterocycles. The first-order valence-corrected chi connectivity index (χ1v) is 9.28. The van der Waals surface area contributed by atoms with Gasteiger partial charge < -0.3 is 18.9 Å². The molecular weight excluding hydrogens is 358 g/mol. The van der Waals surface area contributed by atoms with Crippen LogP contribution >= 0.6 is 0 Å². The van der Waals surface area contributed by atoms with E-state index in [4.69, 9.17) is 14.0 Å². The van der Waals surface area contributed by atoms with Crippen LogP contribution in [0.5, 0.6) is 11.5 Å². The Morgan fingerprint density at radius 1 is 1.07 bits per heavy atom. The molecule has 0 N–H and O–H groups in total. The van der Waals surface area contributed by atoms with Crippen LogP contribution in [-0.4, -0.2) is 35.8 Å². The first-order valence-electron chi connectivity index (χ1n) is 9.28. The largest absolute Gasteiger partial charge is 0.486 e. The van der Waals surface area contributed by atoms with Crippen LogP contribution in [0, 0.1) is 6.92 Å². The number of amides is 1. The molecule has 7 heteroatoms. The predicted molar refractivity (Wildman–Crippen MR) is 102 cm³/mol. The fourth-order valence-electron chi connectivity index (χ4n) is 3.66. The number of hydrogen-bond donors (Lipinski definition) is 0. The fraction of sp³-hybridized carbons (Fsp3) is 0.286. The highest BCUT2D eigenvalue weighted by Crippen LogP contribution is 2.37. The normalized spacial score (nSPS) is 18.5. The van der Waals surface area contributed by atoms with Crippen molar-refractivity contribution < 1.29 is 18.8 Å². The number of aromatic nitrogens is 2. The van der Waals surface area contributed by atoms with E-state index < -0.39 is 0 Å². The van der Waals surface area contributed by atoms with Crippen LogP contribution in [0.1, 0.15) is 23.8 Å². The first-order chi connectivity index (χ1) is 13.7. The zero-order valence-electron chi connectivity index (χ0n) is 15.4. The third-order valence-corrected chi connectivity index (χ3v) is 5.14. The lowest BCUT2D eigenvalue weighted by Crippen LogP contribution is -2.24. The van der Waals surface area contributed by atoms with Crippen LogP contribution in [0.2, 0.25) is 0 Å². The van der Waals surface area contributed by atoms with Crippen LogP contribution in [0.25, 0.3) is 11.4 Å². The van der Waals surface area contributed by atoms with Gasteiger partial charge in [-0.1, -0.05) is 29.4 Å².